The SMILES string of the molecule is CN1CCN(/N=C\c2sc(N3CCCCC3)nc2-c2cccs2)CC1. The van der Waals surface area contributed by atoms with E-state index in [1.807, 2.05) is 6.21 Å². The van der Waals surface area contributed by atoms with Gasteiger partial charge in [0.05, 0.1) is 16.0 Å². The van der Waals surface area contributed by atoms with Gasteiger partial charge in [0.1, 0.15) is 5.69 Å². The normalized spacial score (nSPS) is 19.9. The quantitative estimate of drug-likeness (QED) is 0.767. The van der Waals surface area contributed by atoms with Gasteiger partial charge in [-0.05, 0) is 37.8 Å². The van der Waals surface area contributed by atoms with Crippen molar-refractivity contribution in [1.82, 2.24) is 14.9 Å². The summed E-state index contributed by atoms with van der Waals surface area (Å²) in [5.74, 6) is 0. The molecule has 2 saturated heterocycles. The van der Waals surface area contributed by atoms with E-state index in [1.54, 1.807) is 22.7 Å². The van der Waals surface area contributed by atoms with Crippen molar-refractivity contribution in [2.24, 2.45) is 5.10 Å². The smallest absolute Gasteiger partial charge is 0.186 e. The van der Waals surface area contributed by atoms with E-state index in [2.05, 4.69) is 39.4 Å². The number of aromatic nitrogens is 1. The van der Waals surface area contributed by atoms with Gasteiger partial charge in [0.2, 0.25) is 0 Å². The van der Waals surface area contributed by atoms with Crippen LogP contribution in [0.15, 0.2) is 22.6 Å². The fraction of sp³-hybridized carbons (Fsp3) is 0.556. The van der Waals surface area contributed by atoms with E-state index in [-0.39, 0.29) is 0 Å². The molecule has 0 saturated carbocycles. The average molecular weight is 376 g/mol. The minimum atomic E-state index is 0.999. The Bertz CT molecular complexity index is 695. The van der Waals surface area contributed by atoms with E-state index in [0.717, 1.165) is 50.1 Å². The van der Waals surface area contributed by atoms with Gasteiger partial charge in [-0.2, -0.15) is 5.10 Å². The van der Waals surface area contributed by atoms with Crippen LogP contribution in [0.3, 0.4) is 0 Å². The lowest BCUT2D eigenvalue weighted by Gasteiger charge is -2.30. The van der Waals surface area contributed by atoms with Gasteiger partial charge in [0.15, 0.2) is 5.13 Å². The predicted octanol–water partition coefficient (Wildman–Crippen LogP) is 3.44. The third-order valence-corrected chi connectivity index (χ3v) is 6.77. The van der Waals surface area contributed by atoms with Crippen molar-refractivity contribution in [2.75, 3.05) is 51.2 Å². The van der Waals surface area contributed by atoms with Crippen LogP contribution < -0.4 is 4.90 Å². The molecule has 0 N–H and O–H groups in total. The first-order chi connectivity index (χ1) is 12.3. The summed E-state index contributed by atoms with van der Waals surface area (Å²) >= 11 is 3.54. The summed E-state index contributed by atoms with van der Waals surface area (Å²) in [4.78, 5) is 12.2. The monoisotopic (exact) mass is 375 g/mol. The number of nitrogens with zero attached hydrogens (tertiary/aromatic N) is 5. The van der Waals surface area contributed by atoms with Crippen LogP contribution in [0.2, 0.25) is 0 Å². The second kappa shape index (κ2) is 7.85. The molecule has 7 heteroatoms. The average Bonchev–Trinajstić information content (AvgIpc) is 3.31. The van der Waals surface area contributed by atoms with E-state index in [9.17, 15) is 0 Å². The second-order valence-electron chi connectivity index (χ2n) is 6.74. The van der Waals surface area contributed by atoms with Gasteiger partial charge in [-0.15, -0.1) is 11.3 Å². The Morgan fingerprint density at radius 1 is 1.08 bits per heavy atom. The summed E-state index contributed by atoms with van der Waals surface area (Å²) in [6.45, 7) is 6.42. The summed E-state index contributed by atoms with van der Waals surface area (Å²) in [5, 5.41) is 10.2. The number of piperazine rings is 1. The Morgan fingerprint density at radius 2 is 1.88 bits per heavy atom. The van der Waals surface area contributed by atoms with Crippen molar-refractivity contribution >= 4 is 34.0 Å². The molecule has 2 aromatic heterocycles. The maximum atomic E-state index is 4.99. The number of thiophene rings is 1. The molecule has 4 heterocycles. The molecule has 4 rings (SSSR count). The van der Waals surface area contributed by atoms with Gasteiger partial charge in [0, 0.05) is 39.3 Å². The minimum Gasteiger partial charge on any atom is -0.348 e. The molecule has 5 nitrogen and oxygen atoms in total. The van der Waals surface area contributed by atoms with Crippen LogP contribution in [-0.2, 0) is 0 Å². The zero-order valence-electron chi connectivity index (χ0n) is 14.7. The molecule has 0 spiro atoms. The number of rotatable bonds is 4. The van der Waals surface area contributed by atoms with Gasteiger partial charge < -0.3 is 9.80 Å². The summed E-state index contributed by atoms with van der Waals surface area (Å²) in [6, 6.07) is 4.26. The van der Waals surface area contributed by atoms with Crippen molar-refractivity contribution in [1.29, 1.82) is 0 Å². The molecule has 0 atom stereocenters. The topological polar surface area (TPSA) is 35.0 Å². The predicted molar refractivity (Wildman–Crippen MR) is 108 cm³/mol. The molecule has 0 amide bonds. The number of hydrogen-bond acceptors (Lipinski definition) is 7. The zero-order valence-corrected chi connectivity index (χ0v) is 16.4. The Labute approximate surface area is 157 Å². The molecule has 25 heavy (non-hydrogen) atoms. The van der Waals surface area contributed by atoms with Crippen LogP contribution in [0.5, 0.6) is 0 Å². The van der Waals surface area contributed by atoms with Gasteiger partial charge in [0.25, 0.3) is 0 Å². The van der Waals surface area contributed by atoms with Crippen LogP contribution in [-0.4, -0.2) is 67.4 Å². The lowest BCUT2D eigenvalue weighted by molar-refractivity contribution is 0.159. The first-order valence-electron chi connectivity index (χ1n) is 9.07. The van der Waals surface area contributed by atoms with Gasteiger partial charge in [-0.1, -0.05) is 17.4 Å². The van der Waals surface area contributed by atoms with E-state index in [0.29, 0.717) is 0 Å². The van der Waals surface area contributed by atoms with E-state index in [4.69, 9.17) is 10.1 Å². The lowest BCUT2D eigenvalue weighted by Crippen LogP contribution is -2.41. The van der Waals surface area contributed by atoms with Crippen LogP contribution in [0, 0.1) is 0 Å². The van der Waals surface area contributed by atoms with Gasteiger partial charge in [-0.25, -0.2) is 4.98 Å². The first-order valence-corrected chi connectivity index (χ1v) is 10.8. The summed E-state index contributed by atoms with van der Waals surface area (Å²) in [7, 11) is 2.17. The first kappa shape index (κ1) is 17.0. The second-order valence-corrected chi connectivity index (χ2v) is 8.69. The Morgan fingerprint density at radius 3 is 2.60 bits per heavy atom. The molecule has 0 unspecified atom stereocenters. The molecule has 2 aliphatic heterocycles. The number of anilines is 1. The van der Waals surface area contributed by atoms with Crippen LogP contribution in [0.1, 0.15) is 24.1 Å². The summed E-state index contributed by atoms with van der Waals surface area (Å²) in [6.07, 6.45) is 5.93. The highest BCUT2D eigenvalue weighted by Crippen LogP contribution is 2.35. The molecule has 134 valence electrons. The summed E-state index contributed by atoms with van der Waals surface area (Å²) < 4.78 is 0. The number of hydrazone groups is 1. The molecule has 0 bridgehead atoms. The number of likely N-dealkylation sites (N-methyl/N-ethyl adjacent to an activating group) is 1. The number of piperidine rings is 1. The van der Waals surface area contributed by atoms with Crippen molar-refractivity contribution in [3.63, 3.8) is 0 Å². The fourth-order valence-corrected chi connectivity index (χ4v) is 5.05. The van der Waals surface area contributed by atoms with Gasteiger partial charge >= 0.3 is 0 Å². The molecular formula is C18H25N5S2. The molecule has 2 fully saturated rings. The zero-order chi connectivity index (χ0) is 17.1. The maximum absolute atomic E-state index is 4.99. The van der Waals surface area contributed by atoms with E-state index < -0.39 is 0 Å². The highest BCUT2D eigenvalue weighted by atomic mass is 32.1. The third kappa shape index (κ3) is 4.04. The number of thiazole rings is 1. The van der Waals surface area contributed by atoms with E-state index >= 15 is 0 Å². The lowest BCUT2D eigenvalue weighted by atomic mass is 10.1. The van der Waals surface area contributed by atoms with Crippen LogP contribution in [0.25, 0.3) is 10.6 Å². The Kier molecular flexibility index (Phi) is 5.33. The largest absolute Gasteiger partial charge is 0.348 e. The molecule has 2 aromatic rings. The van der Waals surface area contributed by atoms with Crippen molar-refractivity contribution in [2.45, 2.75) is 19.3 Å². The maximum Gasteiger partial charge on any atom is 0.186 e. The van der Waals surface area contributed by atoms with Crippen LogP contribution >= 0.6 is 22.7 Å². The molecular weight excluding hydrogens is 350 g/mol. The molecule has 0 aliphatic carbocycles. The third-order valence-electron chi connectivity index (χ3n) is 4.84. The van der Waals surface area contributed by atoms with Crippen molar-refractivity contribution in [3.05, 3.63) is 22.4 Å². The standard InChI is InChI=1S/C18H25N5S2/c1-21-9-11-23(12-10-21)19-14-16-17(15-6-5-13-24-15)20-18(25-16)22-7-3-2-4-8-22/h5-6,13-14H,2-4,7-12H2,1H3/b19-14-. The minimum absolute atomic E-state index is 0.999. The molecule has 2 aliphatic rings. The highest BCUT2D eigenvalue weighted by Gasteiger charge is 2.19. The Balaban J connectivity index is 1.57. The van der Waals surface area contributed by atoms with Crippen molar-refractivity contribution in [3.8, 4) is 10.6 Å². The Hall–Kier alpha value is -1.44. The highest BCUT2D eigenvalue weighted by molar-refractivity contribution is 7.18. The fourth-order valence-electron chi connectivity index (χ4n) is 3.26. The van der Waals surface area contributed by atoms with Crippen molar-refractivity contribution < 1.29 is 0 Å². The van der Waals surface area contributed by atoms with E-state index in [1.165, 1.54) is 29.0 Å². The number of hydrogen-bond donors (Lipinski definition) is 0. The molecule has 0 aromatic carbocycles. The summed E-state index contributed by atoms with van der Waals surface area (Å²) in [5.41, 5.74) is 1.10. The molecule has 0 radical (unpaired) electrons. The van der Waals surface area contributed by atoms with Gasteiger partial charge in [-0.3, -0.25) is 5.01 Å². The van der Waals surface area contributed by atoms with Crippen LogP contribution in [0.4, 0.5) is 5.13 Å².